The van der Waals surface area contributed by atoms with Crippen molar-refractivity contribution in [3.05, 3.63) is 71.0 Å². The number of nitrogens with zero attached hydrogens (tertiary/aromatic N) is 1. The molecule has 7 nitrogen and oxygen atoms in total. The summed E-state index contributed by atoms with van der Waals surface area (Å²) in [7, 11) is 0. The number of nitrogens with one attached hydrogen (secondary N) is 1. The Kier molecular flexibility index (Phi) is 7.21. The molecule has 0 fully saturated rings. The third-order valence-corrected chi connectivity index (χ3v) is 5.84. The topological polar surface area (TPSA) is 78.8 Å². The van der Waals surface area contributed by atoms with E-state index < -0.39 is 5.97 Å². The molecule has 4 rings (SSSR count). The van der Waals surface area contributed by atoms with Crippen LogP contribution in [-0.2, 0) is 4.74 Å². The minimum absolute atomic E-state index is 0.248. The van der Waals surface area contributed by atoms with E-state index in [-0.39, 0.29) is 12.4 Å². The molecule has 0 atom stereocenters. The van der Waals surface area contributed by atoms with E-state index in [1.54, 1.807) is 12.1 Å². The first kappa shape index (κ1) is 23.4. The number of ether oxygens (including phenoxy) is 3. The molecule has 1 N–H and O–H groups in total. The van der Waals surface area contributed by atoms with Crippen LogP contribution >= 0.6 is 0 Å². The number of aromatic nitrogens is 1. The predicted molar refractivity (Wildman–Crippen MR) is 131 cm³/mol. The van der Waals surface area contributed by atoms with Gasteiger partial charge in [0.1, 0.15) is 13.2 Å². The average molecular weight is 463 g/mol. The summed E-state index contributed by atoms with van der Waals surface area (Å²) in [6.45, 7) is 7.41. The Morgan fingerprint density at radius 1 is 1.00 bits per heavy atom. The summed E-state index contributed by atoms with van der Waals surface area (Å²) in [5.41, 5.74) is 4.21. The summed E-state index contributed by atoms with van der Waals surface area (Å²) in [6.07, 6.45) is 2.06. The van der Waals surface area contributed by atoms with Gasteiger partial charge < -0.3 is 24.1 Å². The number of aryl methyl sites for hydroxylation is 1. The van der Waals surface area contributed by atoms with Crippen molar-refractivity contribution in [1.29, 1.82) is 0 Å². The normalized spacial score (nSPS) is 12.3. The first-order valence-corrected chi connectivity index (χ1v) is 11.6. The number of rotatable bonds is 9. The van der Waals surface area contributed by atoms with Crippen LogP contribution in [0.15, 0.2) is 48.5 Å². The van der Waals surface area contributed by atoms with Crippen LogP contribution in [0.5, 0.6) is 11.5 Å². The molecule has 0 radical (unpaired) electrons. The zero-order valence-corrected chi connectivity index (χ0v) is 19.8. The third-order valence-electron chi connectivity index (χ3n) is 5.84. The molecular weight excluding hydrogens is 432 g/mol. The Bertz CT molecular complexity index is 1200. The van der Waals surface area contributed by atoms with E-state index in [0.717, 1.165) is 36.5 Å². The summed E-state index contributed by atoms with van der Waals surface area (Å²) in [4.78, 5) is 25.7. The second-order valence-electron chi connectivity index (χ2n) is 8.27. The third kappa shape index (κ3) is 4.93. The maximum atomic E-state index is 13.0. The summed E-state index contributed by atoms with van der Waals surface area (Å²) < 4.78 is 18.7. The number of anilines is 1. The van der Waals surface area contributed by atoms with E-state index in [1.165, 1.54) is 0 Å². The van der Waals surface area contributed by atoms with Crippen molar-refractivity contribution in [2.24, 2.45) is 0 Å². The van der Waals surface area contributed by atoms with Crippen molar-refractivity contribution in [2.75, 3.05) is 31.7 Å². The molecule has 1 aliphatic rings. The molecule has 0 amide bonds. The van der Waals surface area contributed by atoms with Gasteiger partial charge in [-0.05, 0) is 50.6 Å². The Hall–Kier alpha value is -3.74. The summed E-state index contributed by atoms with van der Waals surface area (Å²) in [6, 6.07) is 14.7. The van der Waals surface area contributed by atoms with Crippen LogP contribution in [0.25, 0.3) is 5.69 Å². The van der Waals surface area contributed by atoms with Gasteiger partial charge in [0.25, 0.3) is 0 Å². The molecule has 3 aromatic rings. The summed E-state index contributed by atoms with van der Waals surface area (Å²) in [5, 5.41) is 3.27. The number of fused-ring (bicyclic) bond motifs is 1. The lowest BCUT2D eigenvalue weighted by molar-refractivity contribution is 0.0475. The van der Waals surface area contributed by atoms with E-state index in [1.807, 2.05) is 54.8 Å². The lowest BCUT2D eigenvalue weighted by atomic mass is 10.1. The number of esters is 1. The Morgan fingerprint density at radius 3 is 2.56 bits per heavy atom. The molecule has 1 aliphatic heterocycles. The van der Waals surface area contributed by atoms with Gasteiger partial charge in [-0.15, -0.1) is 0 Å². The zero-order valence-electron chi connectivity index (χ0n) is 19.8. The van der Waals surface area contributed by atoms with Gasteiger partial charge in [-0.25, -0.2) is 4.79 Å². The molecule has 7 heteroatoms. The molecule has 0 saturated heterocycles. The van der Waals surface area contributed by atoms with Crippen LogP contribution < -0.4 is 14.8 Å². The molecular formula is C27H30N2O5. The van der Waals surface area contributed by atoms with Gasteiger partial charge in [0.2, 0.25) is 5.78 Å². The Morgan fingerprint density at radius 2 is 1.76 bits per heavy atom. The second-order valence-corrected chi connectivity index (χ2v) is 8.27. The largest absolute Gasteiger partial charge is 0.486 e. The van der Waals surface area contributed by atoms with Crippen molar-refractivity contribution in [3.63, 3.8) is 0 Å². The highest BCUT2D eigenvalue weighted by molar-refractivity contribution is 6.01. The van der Waals surface area contributed by atoms with Gasteiger partial charge in [0, 0.05) is 40.9 Å². The van der Waals surface area contributed by atoms with Crippen LogP contribution in [0.3, 0.4) is 0 Å². The van der Waals surface area contributed by atoms with Gasteiger partial charge in [-0.2, -0.15) is 0 Å². The number of benzene rings is 2. The average Bonchev–Trinajstić information content (AvgIpc) is 3.16. The highest BCUT2D eigenvalue weighted by atomic mass is 16.6. The summed E-state index contributed by atoms with van der Waals surface area (Å²) >= 11 is 0. The van der Waals surface area contributed by atoms with Crippen LogP contribution in [0, 0.1) is 13.8 Å². The molecule has 0 bridgehead atoms. The van der Waals surface area contributed by atoms with Gasteiger partial charge in [-0.1, -0.05) is 25.5 Å². The van der Waals surface area contributed by atoms with Crippen molar-refractivity contribution >= 4 is 17.4 Å². The SMILES string of the molecule is CCCCNc1ccccc1C(=O)OCC(=O)c1cc(C)n(-c2ccc3c(c2)OCCO3)c1C. The predicted octanol–water partition coefficient (Wildman–Crippen LogP) is 5.12. The van der Waals surface area contributed by atoms with E-state index >= 15 is 0 Å². The minimum atomic E-state index is -0.520. The molecule has 0 spiro atoms. The highest BCUT2D eigenvalue weighted by Crippen LogP contribution is 2.33. The second kappa shape index (κ2) is 10.5. The first-order valence-electron chi connectivity index (χ1n) is 11.6. The molecule has 0 saturated carbocycles. The number of para-hydroxylation sites is 1. The smallest absolute Gasteiger partial charge is 0.340 e. The molecule has 0 unspecified atom stereocenters. The standard InChI is InChI=1S/C27H30N2O5/c1-4-5-12-28-23-9-7-6-8-21(23)27(31)34-17-24(30)22-15-18(2)29(19(22)3)20-10-11-25-26(16-20)33-14-13-32-25/h6-11,15-16,28H,4-5,12-14,17H2,1-3H3. The molecule has 1 aromatic heterocycles. The van der Waals surface area contributed by atoms with Crippen molar-refractivity contribution in [2.45, 2.75) is 33.6 Å². The number of hydrogen-bond acceptors (Lipinski definition) is 6. The summed E-state index contributed by atoms with van der Waals surface area (Å²) in [5.74, 6) is 0.629. The first-order chi connectivity index (χ1) is 16.5. The maximum Gasteiger partial charge on any atom is 0.340 e. The zero-order chi connectivity index (χ0) is 24.1. The fraction of sp³-hybridized carbons (Fsp3) is 0.333. The number of unbranched alkanes of at least 4 members (excludes halogenated alkanes) is 1. The van der Waals surface area contributed by atoms with Gasteiger partial charge >= 0.3 is 5.97 Å². The van der Waals surface area contributed by atoms with Gasteiger partial charge in [0.15, 0.2) is 18.1 Å². The number of hydrogen-bond donors (Lipinski definition) is 1. The van der Waals surface area contributed by atoms with E-state index in [9.17, 15) is 9.59 Å². The minimum Gasteiger partial charge on any atom is -0.486 e. The Balaban J connectivity index is 1.47. The monoisotopic (exact) mass is 462 g/mol. The number of carbonyl (C=O) groups is 2. The van der Waals surface area contributed by atoms with E-state index in [4.69, 9.17) is 14.2 Å². The van der Waals surface area contributed by atoms with Crippen molar-refractivity contribution in [3.8, 4) is 17.2 Å². The molecule has 2 heterocycles. The van der Waals surface area contributed by atoms with E-state index in [0.29, 0.717) is 41.5 Å². The quantitative estimate of drug-likeness (QED) is 0.270. The van der Waals surface area contributed by atoms with Crippen LogP contribution in [0.2, 0.25) is 0 Å². The van der Waals surface area contributed by atoms with Crippen LogP contribution in [0.4, 0.5) is 5.69 Å². The van der Waals surface area contributed by atoms with Crippen LogP contribution in [-0.4, -0.2) is 42.7 Å². The molecule has 2 aromatic carbocycles. The molecule has 0 aliphatic carbocycles. The van der Waals surface area contributed by atoms with Gasteiger partial charge in [0.05, 0.1) is 5.56 Å². The molecule has 34 heavy (non-hydrogen) atoms. The van der Waals surface area contributed by atoms with Crippen molar-refractivity contribution < 1.29 is 23.8 Å². The van der Waals surface area contributed by atoms with E-state index in [2.05, 4.69) is 12.2 Å². The van der Waals surface area contributed by atoms with Gasteiger partial charge in [-0.3, -0.25) is 4.79 Å². The number of ketones is 1. The maximum absolute atomic E-state index is 13.0. The van der Waals surface area contributed by atoms with Crippen molar-refractivity contribution in [1.82, 2.24) is 4.57 Å². The number of Topliss-reactive ketones (excluding diaryl/α,β-unsaturated/α-hetero) is 1. The molecule has 178 valence electrons. The lowest BCUT2D eigenvalue weighted by Gasteiger charge is -2.20. The lowest BCUT2D eigenvalue weighted by Crippen LogP contribution is -2.17. The Labute approximate surface area is 199 Å². The fourth-order valence-electron chi connectivity index (χ4n) is 4.12. The fourth-order valence-corrected chi connectivity index (χ4v) is 4.12. The van der Waals surface area contributed by atoms with Crippen LogP contribution in [0.1, 0.15) is 51.9 Å². The highest BCUT2D eigenvalue weighted by Gasteiger charge is 2.21. The number of carbonyl (C=O) groups excluding carboxylic acids is 2.